The number of hydrogen-bond acceptors (Lipinski definition) is 5. The van der Waals surface area contributed by atoms with E-state index in [0.717, 1.165) is 29.5 Å². The van der Waals surface area contributed by atoms with E-state index < -0.39 is 0 Å². The van der Waals surface area contributed by atoms with Gasteiger partial charge in [0.1, 0.15) is 5.69 Å². The van der Waals surface area contributed by atoms with Crippen LogP contribution in [0.2, 0.25) is 0 Å². The van der Waals surface area contributed by atoms with E-state index in [1.165, 1.54) is 0 Å². The summed E-state index contributed by atoms with van der Waals surface area (Å²) in [5.74, 6) is 1.02. The van der Waals surface area contributed by atoms with Crippen LogP contribution in [0, 0.1) is 6.92 Å². The molecule has 0 spiro atoms. The van der Waals surface area contributed by atoms with Gasteiger partial charge in [-0.1, -0.05) is 0 Å². The van der Waals surface area contributed by atoms with Crippen molar-refractivity contribution in [2.45, 2.75) is 13.8 Å². The normalized spacial score (nSPS) is 14.5. The smallest absolute Gasteiger partial charge is 0.222 e. The average molecular weight is 177 g/mol. The molecule has 0 unspecified atom stereocenters. The molecule has 0 saturated heterocycles. The highest BCUT2D eigenvalue weighted by Gasteiger charge is 2.13. The fraction of sp³-hybridized carbons (Fsp3) is 0.375. The molecular formula is C8H11N5. The zero-order valence-corrected chi connectivity index (χ0v) is 7.63. The number of aliphatic imine (C=N–C) groups is 1. The number of nitrogens with zero attached hydrogens (tertiary/aromatic N) is 3. The molecule has 0 aliphatic carbocycles. The molecule has 0 bridgehead atoms. The van der Waals surface area contributed by atoms with E-state index in [4.69, 9.17) is 5.73 Å². The van der Waals surface area contributed by atoms with Gasteiger partial charge in [-0.05, 0) is 13.8 Å². The van der Waals surface area contributed by atoms with Crippen LogP contribution < -0.4 is 11.1 Å². The summed E-state index contributed by atoms with van der Waals surface area (Å²) in [6.45, 7) is 4.56. The first kappa shape index (κ1) is 7.97. The van der Waals surface area contributed by atoms with E-state index in [9.17, 15) is 0 Å². The maximum atomic E-state index is 5.51. The number of anilines is 2. The number of nitrogens with two attached hydrogens (primary N) is 1. The molecule has 0 radical (unpaired) electrons. The van der Waals surface area contributed by atoms with Gasteiger partial charge in [0.2, 0.25) is 5.95 Å². The van der Waals surface area contributed by atoms with E-state index in [1.54, 1.807) is 0 Å². The van der Waals surface area contributed by atoms with Crippen LogP contribution in [-0.4, -0.2) is 22.2 Å². The van der Waals surface area contributed by atoms with Crippen molar-refractivity contribution in [1.82, 2.24) is 9.97 Å². The molecule has 1 aliphatic rings. The molecule has 5 heteroatoms. The van der Waals surface area contributed by atoms with Gasteiger partial charge in [-0.25, -0.2) is 4.98 Å². The van der Waals surface area contributed by atoms with Crippen molar-refractivity contribution >= 4 is 23.2 Å². The summed E-state index contributed by atoms with van der Waals surface area (Å²) in [5, 5.41) is 3.13. The van der Waals surface area contributed by atoms with E-state index in [0.29, 0.717) is 5.95 Å². The molecule has 0 aromatic carbocycles. The van der Waals surface area contributed by atoms with Gasteiger partial charge in [0.15, 0.2) is 5.82 Å². The molecule has 1 aromatic heterocycles. The van der Waals surface area contributed by atoms with Gasteiger partial charge in [0.05, 0.1) is 12.2 Å². The Balaban J connectivity index is 2.61. The van der Waals surface area contributed by atoms with Crippen molar-refractivity contribution in [3.8, 4) is 0 Å². The number of hydrogen-bond donors (Lipinski definition) is 2. The maximum Gasteiger partial charge on any atom is 0.222 e. The minimum Gasteiger partial charge on any atom is -0.368 e. The molecule has 5 nitrogen and oxygen atoms in total. The molecule has 0 fully saturated rings. The molecule has 2 rings (SSSR count). The molecule has 0 amide bonds. The molecule has 13 heavy (non-hydrogen) atoms. The standard InChI is InChI=1S/C8H11N5/c1-4-3-10-7-6(11-4)5(2)12-8(9)13-7/h3H2,1-2H3,(H3,9,10,12,13). The molecule has 2 heterocycles. The Morgan fingerprint density at radius 3 is 2.85 bits per heavy atom. The highest BCUT2D eigenvalue weighted by Crippen LogP contribution is 2.28. The van der Waals surface area contributed by atoms with Crippen molar-refractivity contribution in [3.63, 3.8) is 0 Å². The summed E-state index contributed by atoms with van der Waals surface area (Å²) in [6.07, 6.45) is 0. The molecular weight excluding hydrogens is 166 g/mol. The monoisotopic (exact) mass is 177 g/mol. The minimum atomic E-state index is 0.290. The Morgan fingerprint density at radius 1 is 1.31 bits per heavy atom. The highest BCUT2D eigenvalue weighted by molar-refractivity contribution is 5.93. The van der Waals surface area contributed by atoms with Crippen molar-refractivity contribution in [2.75, 3.05) is 17.6 Å². The number of aromatic nitrogens is 2. The third-order valence-electron chi connectivity index (χ3n) is 1.89. The van der Waals surface area contributed by atoms with E-state index in [2.05, 4.69) is 20.3 Å². The lowest BCUT2D eigenvalue weighted by molar-refractivity contribution is 1.08. The Hall–Kier alpha value is -1.65. The van der Waals surface area contributed by atoms with Crippen LogP contribution in [0.1, 0.15) is 12.6 Å². The summed E-state index contributed by atoms with van der Waals surface area (Å²) in [4.78, 5) is 12.5. The summed E-state index contributed by atoms with van der Waals surface area (Å²) < 4.78 is 0. The second kappa shape index (κ2) is 2.69. The molecule has 3 N–H and O–H groups in total. The Morgan fingerprint density at radius 2 is 2.08 bits per heavy atom. The van der Waals surface area contributed by atoms with E-state index >= 15 is 0 Å². The number of nitrogen functional groups attached to an aromatic ring is 1. The lowest BCUT2D eigenvalue weighted by Crippen LogP contribution is -2.17. The highest BCUT2D eigenvalue weighted by atomic mass is 15.1. The quantitative estimate of drug-likeness (QED) is 0.617. The van der Waals surface area contributed by atoms with Crippen molar-refractivity contribution in [1.29, 1.82) is 0 Å². The van der Waals surface area contributed by atoms with Gasteiger partial charge >= 0.3 is 0 Å². The SMILES string of the molecule is CC1=Nc2c(C)nc(N)nc2NC1. The molecule has 68 valence electrons. The van der Waals surface area contributed by atoms with Gasteiger partial charge < -0.3 is 11.1 Å². The average Bonchev–Trinajstić information content (AvgIpc) is 2.06. The fourth-order valence-electron chi connectivity index (χ4n) is 1.29. The topological polar surface area (TPSA) is 76.2 Å². The first-order valence-corrected chi connectivity index (χ1v) is 4.09. The first-order valence-electron chi connectivity index (χ1n) is 4.09. The number of fused-ring (bicyclic) bond motifs is 1. The first-order chi connectivity index (χ1) is 6.16. The maximum absolute atomic E-state index is 5.51. The van der Waals surface area contributed by atoms with Gasteiger partial charge in [0.25, 0.3) is 0 Å². The third-order valence-corrected chi connectivity index (χ3v) is 1.89. The second-order valence-corrected chi connectivity index (χ2v) is 3.07. The minimum absolute atomic E-state index is 0.290. The predicted molar refractivity (Wildman–Crippen MR) is 52.4 cm³/mol. The Bertz CT molecular complexity index is 382. The second-order valence-electron chi connectivity index (χ2n) is 3.07. The summed E-state index contributed by atoms with van der Waals surface area (Å²) in [7, 11) is 0. The molecule has 1 aliphatic heterocycles. The van der Waals surface area contributed by atoms with Crippen LogP contribution in [-0.2, 0) is 0 Å². The fourth-order valence-corrected chi connectivity index (χ4v) is 1.29. The molecule has 0 saturated carbocycles. The van der Waals surface area contributed by atoms with Crippen LogP contribution in [0.4, 0.5) is 17.5 Å². The van der Waals surface area contributed by atoms with Gasteiger partial charge in [-0.3, -0.25) is 4.99 Å². The summed E-state index contributed by atoms with van der Waals surface area (Å²) in [5.41, 5.74) is 8.16. The number of rotatable bonds is 0. The largest absolute Gasteiger partial charge is 0.368 e. The van der Waals surface area contributed by atoms with Crippen LogP contribution in [0.25, 0.3) is 0 Å². The molecule has 1 aromatic rings. The van der Waals surface area contributed by atoms with Crippen molar-refractivity contribution in [3.05, 3.63) is 5.69 Å². The summed E-state index contributed by atoms with van der Waals surface area (Å²) in [6, 6.07) is 0. The summed E-state index contributed by atoms with van der Waals surface area (Å²) >= 11 is 0. The molecule has 0 atom stereocenters. The van der Waals surface area contributed by atoms with Crippen LogP contribution in [0.15, 0.2) is 4.99 Å². The number of aryl methyl sites for hydroxylation is 1. The predicted octanol–water partition coefficient (Wildman–Crippen LogP) is 0.885. The zero-order chi connectivity index (χ0) is 9.42. The number of nitrogens with one attached hydrogen (secondary N) is 1. The van der Waals surface area contributed by atoms with Crippen LogP contribution >= 0.6 is 0 Å². The van der Waals surface area contributed by atoms with Crippen molar-refractivity contribution < 1.29 is 0 Å². The Kier molecular flexibility index (Phi) is 1.65. The Labute approximate surface area is 76.1 Å². The van der Waals surface area contributed by atoms with Crippen LogP contribution in [0.5, 0.6) is 0 Å². The zero-order valence-electron chi connectivity index (χ0n) is 7.63. The van der Waals surface area contributed by atoms with E-state index in [-0.39, 0.29) is 0 Å². The van der Waals surface area contributed by atoms with Gasteiger partial charge in [0, 0.05) is 5.71 Å². The van der Waals surface area contributed by atoms with Gasteiger partial charge in [-0.15, -0.1) is 0 Å². The van der Waals surface area contributed by atoms with E-state index in [1.807, 2.05) is 13.8 Å². The van der Waals surface area contributed by atoms with Crippen LogP contribution in [0.3, 0.4) is 0 Å². The van der Waals surface area contributed by atoms with Crippen molar-refractivity contribution in [2.24, 2.45) is 4.99 Å². The lowest BCUT2D eigenvalue weighted by Gasteiger charge is -2.15. The van der Waals surface area contributed by atoms with Gasteiger partial charge in [-0.2, -0.15) is 4.98 Å². The lowest BCUT2D eigenvalue weighted by atomic mass is 10.2. The third kappa shape index (κ3) is 1.32.